The molecule has 1 aliphatic carbocycles. The Morgan fingerprint density at radius 3 is 1.49 bits per heavy atom. The highest BCUT2D eigenvalue weighted by Gasteiger charge is 2.31. The maximum atomic E-state index is 14.8. The number of para-hydroxylation sites is 3. The van der Waals surface area contributed by atoms with Gasteiger partial charge in [0, 0.05) is 33.9 Å². The number of benzene rings is 4. The van der Waals surface area contributed by atoms with Gasteiger partial charge in [0.1, 0.15) is 18.8 Å². The van der Waals surface area contributed by atoms with Crippen molar-refractivity contribution in [3.8, 4) is 34.2 Å². The quantitative estimate of drug-likeness (QED) is 0.0604. The number of hydrogen-bond donors (Lipinski definition) is 3. The zero-order valence-electron chi connectivity index (χ0n) is 46.3. The van der Waals surface area contributed by atoms with Crippen LogP contribution in [0.4, 0.5) is 21.5 Å². The van der Waals surface area contributed by atoms with Crippen LogP contribution < -0.4 is 16.0 Å². The fourth-order valence-electron chi connectivity index (χ4n) is 7.79. The average Bonchev–Trinajstić information content (AvgIpc) is 4.50. The number of halogens is 1. The third-order valence-electron chi connectivity index (χ3n) is 11.6. The van der Waals surface area contributed by atoms with Crippen molar-refractivity contribution in [2.75, 3.05) is 27.5 Å². The molecule has 1 fully saturated rings. The summed E-state index contributed by atoms with van der Waals surface area (Å²) in [5, 5.41) is 35.5. The first kappa shape index (κ1) is 61.2. The van der Waals surface area contributed by atoms with E-state index < -0.39 is 11.4 Å². The highest BCUT2D eigenvalue weighted by molar-refractivity contribution is 8.00. The van der Waals surface area contributed by atoms with Crippen molar-refractivity contribution in [2.45, 2.75) is 100 Å². The first-order valence-electron chi connectivity index (χ1n) is 26.8. The van der Waals surface area contributed by atoms with Crippen LogP contribution in [-0.2, 0) is 20.9 Å². The summed E-state index contributed by atoms with van der Waals surface area (Å²) in [6.45, 7) is 12.9. The molecule has 82 heavy (non-hydrogen) atoms. The Bertz CT molecular complexity index is 3450. The van der Waals surface area contributed by atoms with Gasteiger partial charge in [-0.05, 0) is 98.1 Å². The number of nitrogens with zero attached hydrogens (tertiary/aromatic N) is 9. The summed E-state index contributed by atoms with van der Waals surface area (Å²) in [6.07, 6.45) is 12.8. The average molecular weight is 1170 g/mol. The maximum Gasteiger partial charge on any atom is 0.269 e. The Morgan fingerprint density at radius 1 is 0.573 bits per heavy atom. The molecule has 11 rings (SSSR count). The molecule has 2 atom stereocenters. The van der Waals surface area contributed by atoms with Crippen LogP contribution in [0.3, 0.4) is 0 Å². The second-order valence-electron chi connectivity index (χ2n) is 17.4. The fourth-order valence-corrected chi connectivity index (χ4v) is 10.2. The Balaban J connectivity index is 0.000000263. The van der Waals surface area contributed by atoms with Crippen LogP contribution in [0, 0.1) is 0 Å². The molecule has 0 aliphatic heterocycles. The van der Waals surface area contributed by atoms with Gasteiger partial charge in [0.05, 0.1) is 53.0 Å². The molecule has 3 amide bonds. The number of aromatic nitrogens is 9. The summed E-state index contributed by atoms with van der Waals surface area (Å²) in [4.78, 5) is 36.5. The van der Waals surface area contributed by atoms with Crippen LogP contribution in [0.15, 0.2) is 206 Å². The molecule has 10 aromatic rings. The van der Waals surface area contributed by atoms with E-state index in [0.717, 1.165) is 93.2 Å². The number of carbonyl (C=O) groups is 3. The topological polar surface area (TPSA) is 219 Å². The molecule has 0 bridgehead atoms. The van der Waals surface area contributed by atoms with Gasteiger partial charge < -0.3 is 33.8 Å². The predicted molar refractivity (Wildman–Crippen MR) is 328 cm³/mol. The molecular weight excluding hydrogens is 1100 g/mol. The van der Waals surface area contributed by atoms with Gasteiger partial charge in [0.25, 0.3) is 5.91 Å². The lowest BCUT2D eigenvalue weighted by molar-refractivity contribution is -0.118. The zero-order valence-corrected chi connectivity index (χ0v) is 48.7. The van der Waals surface area contributed by atoms with Crippen LogP contribution in [0.1, 0.15) is 82.7 Å². The molecule has 432 valence electrons. The van der Waals surface area contributed by atoms with E-state index in [1.54, 1.807) is 67.9 Å². The number of hydrogen-bond acceptors (Lipinski definition) is 15. The fraction of sp³-hybridized carbons (Fsp3) is 0.250. The van der Waals surface area contributed by atoms with Gasteiger partial charge in [-0.3, -0.25) is 23.5 Å². The molecule has 2 unspecified atom stereocenters. The third-order valence-corrected chi connectivity index (χ3v) is 14.5. The molecule has 0 radical (unpaired) electrons. The van der Waals surface area contributed by atoms with Crippen LogP contribution in [-0.4, -0.2) is 79.0 Å². The van der Waals surface area contributed by atoms with Crippen molar-refractivity contribution >= 4 is 70.1 Å². The summed E-state index contributed by atoms with van der Waals surface area (Å²) < 4.78 is 36.2. The molecule has 6 aromatic heterocycles. The van der Waals surface area contributed by atoms with Crippen molar-refractivity contribution in [3.05, 3.63) is 183 Å². The molecular formula is C60H71FN12O6S3. The lowest BCUT2D eigenvalue weighted by Gasteiger charge is -2.18. The Hall–Kier alpha value is -8.47. The number of furan rings is 3. The van der Waals surface area contributed by atoms with E-state index in [1.165, 1.54) is 23.5 Å². The highest BCUT2D eigenvalue weighted by atomic mass is 32.2. The molecule has 1 saturated carbocycles. The normalized spacial score (nSPS) is 12.1. The summed E-state index contributed by atoms with van der Waals surface area (Å²) in [5.74, 6) is 1.81. The van der Waals surface area contributed by atoms with Gasteiger partial charge >= 0.3 is 0 Å². The molecule has 3 N–H and O–H groups in total. The number of anilines is 3. The molecule has 18 nitrogen and oxygen atoms in total. The number of thioether (sulfide) groups is 3. The molecule has 22 heteroatoms. The van der Waals surface area contributed by atoms with E-state index >= 15 is 0 Å². The van der Waals surface area contributed by atoms with Gasteiger partial charge in [-0.15, -0.1) is 30.6 Å². The van der Waals surface area contributed by atoms with E-state index in [-0.39, 0.29) is 27.9 Å². The second-order valence-corrected chi connectivity index (χ2v) is 20.3. The van der Waals surface area contributed by atoms with Crippen LogP contribution >= 0.6 is 35.3 Å². The first-order chi connectivity index (χ1) is 40.2. The van der Waals surface area contributed by atoms with Crippen molar-refractivity contribution in [3.63, 3.8) is 0 Å². The minimum atomic E-state index is -1.85. The van der Waals surface area contributed by atoms with E-state index in [1.807, 2.05) is 153 Å². The number of amides is 3. The minimum absolute atomic E-state index is 0. The number of carbonyl (C=O) groups excluding carboxylic acids is 3. The number of nitrogens with one attached hydrogen (secondary N) is 3. The minimum Gasteiger partial charge on any atom is -0.472 e. The molecule has 0 spiro atoms. The van der Waals surface area contributed by atoms with Gasteiger partial charge in [-0.25, -0.2) is 4.39 Å². The summed E-state index contributed by atoms with van der Waals surface area (Å²) >= 11 is 3.51. The molecule has 0 saturated heterocycles. The van der Waals surface area contributed by atoms with Gasteiger partial charge in [0.15, 0.2) is 32.9 Å². The number of alkyl halides is 1. The number of rotatable bonds is 20. The Morgan fingerprint density at radius 2 is 1.00 bits per heavy atom. The largest absolute Gasteiger partial charge is 0.472 e. The van der Waals surface area contributed by atoms with Gasteiger partial charge in [-0.2, -0.15) is 0 Å². The van der Waals surface area contributed by atoms with E-state index in [4.69, 9.17) is 13.3 Å². The van der Waals surface area contributed by atoms with E-state index in [0.29, 0.717) is 28.5 Å². The SMILES string of the molecule is CC.CC.CC(c1ccccc1)n1c(SC(F)C(=O)Nc2ccccc2)nnc1-c1ccoc1.CCCn1c(SCC(=O)Nc2ccccc2)nnc1-c1ccoc1.O=C(CSc1nnc(-c2ccoc2)n1C1CC1)Nc1ccccc1.[HH].[HH].[HH]. The highest BCUT2D eigenvalue weighted by Crippen LogP contribution is 2.41. The first-order valence-corrected chi connectivity index (χ1v) is 29.6. The van der Waals surface area contributed by atoms with Crippen molar-refractivity contribution < 1.29 is 36.3 Å². The van der Waals surface area contributed by atoms with Gasteiger partial charge in [-0.1, -0.05) is 143 Å². The second kappa shape index (κ2) is 32.1. The zero-order chi connectivity index (χ0) is 58.1. The van der Waals surface area contributed by atoms with Crippen LogP contribution in [0.2, 0.25) is 0 Å². The summed E-state index contributed by atoms with van der Waals surface area (Å²) in [7, 11) is 0. The van der Waals surface area contributed by atoms with Crippen LogP contribution in [0.25, 0.3) is 34.2 Å². The van der Waals surface area contributed by atoms with E-state index in [9.17, 15) is 18.8 Å². The van der Waals surface area contributed by atoms with Crippen molar-refractivity contribution in [1.29, 1.82) is 0 Å². The van der Waals surface area contributed by atoms with Gasteiger partial charge in [0.2, 0.25) is 17.3 Å². The van der Waals surface area contributed by atoms with Crippen molar-refractivity contribution in [1.82, 2.24) is 44.3 Å². The lowest BCUT2D eigenvalue weighted by atomic mass is 10.1. The third kappa shape index (κ3) is 17.3. The smallest absolute Gasteiger partial charge is 0.269 e. The molecule has 4 aromatic carbocycles. The van der Waals surface area contributed by atoms with E-state index in [2.05, 4.69) is 58.0 Å². The summed E-state index contributed by atoms with van der Waals surface area (Å²) in [6, 6.07) is 43.1. The van der Waals surface area contributed by atoms with Crippen LogP contribution in [0.5, 0.6) is 0 Å². The Labute approximate surface area is 493 Å². The van der Waals surface area contributed by atoms with Crippen molar-refractivity contribution in [2.24, 2.45) is 0 Å². The lowest BCUT2D eigenvalue weighted by Crippen LogP contribution is -2.22. The molecule has 6 heterocycles. The molecule has 1 aliphatic rings. The summed E-state index contributed by atoms with van der Waals surface area (Å²) in [5.41, 5.74) is 3.79. The Kier molecular flexibility index (Phi) is 23.9. The predicted octanol–water partition coefficient (Wildman–Crippen LogP) is 15.2. The monoisotopic (exact) mass is 1170 g/mol. The standard InChI is InChI=1S/C22H19FN4O2S.C17H16N4O2S.C17H18N4O2S.2C2H6.3H2/c1-15(16-8-4-2-5-9-16)27-20(17-12-13-29-14-17)25-26-22(27)30-19(23)21(28)24-18-10-6-3-7-11-18;22-15(18-13-4-2-1-3-5-13)11-24-17-20-19-16(12-8-9-23-10-12)21(17)14-6-7-14;1-2-9-21-16(13-8-10-23-11-13)19-20-17(21)24-12-15(22)18-14-6-4-3-5-7-14;2*1-2;;;/h2-15,19H,1H3,(H,24,28);1-5,8-10,14H,6-7,11H2,(H,18,22);3-8,10-11H,2,9,12H2,1H3,(H,18,22);2*1-2H3;3*1H. The maximum absolute atomic E-state index is 14.8.